The third-order valence-electron chi connectivity index (χ3n) is 2.45. The molecule has 0 unspecified atom stereocenters. The fourth-order valence-corrected chi connectivity index (χ4v) is 3.62. The van der Waals surface area contributed by atoms with Crippen molar-refractivity contribution in [3.8, 4) is 11.5 Å². The Labute approximate surface area is 113 Å². The van der Waals surface area contributed by atoms with Crippen LogP contribution in [-0.4, -0.2) is 19.5 Å². The van der Waals surface area contributed by atoms with E-state index in [1.807, 2.05) is 30.3 Å². The zero-order chi connectivity index (χ0) is 12.4. The number of carbonyl (C=O) groups is 1. The molecule has 0 amide bonds. The number of thiophene rings is 1. The fraction of sp³-hybridized carbons (Fsp3) is 0.154. The maximum atomic E-state index is 10.6. The smallest absolute Gasteiger partial charge is 0.162 e. The Bertz CT molecular complexity index is 577. The summed E-state index contributed by atoms with van der Waals surface area (Å²) in [5.41, 5.74) is 0. The summed E-state index contributed by atoms with van der Waals surface area (Å²) >= 11 is 3.11. The summed E-state index contributed by atoms with van der Waals surface area (Å²) in [6, 6.07) is 9.68. The van der Waals surface area contributed by atoms with Crippen molar-refractivity contribution < 1.29 is 14.3 Å². The van der Waals surface area contributed by atoms with Gasteiger partial charge >= 0.3 is 0 Å². The van der Waals surface area contributed by atoms with Crippen molar-refractivity contribution in [1.29, 1.82) is 0 Å². The summed E-state index contributed by atoms with van der Waals surface area (Å²) in [4.78, 5) is 12.5. The Morgan fingerprint density at radius 3 is 2.72 bits per heavy atom. The minimum atomic E-state index is 0.593. The van der Waals surface area contributed by atoms with E-state index in [1.165, 1.54) is 11.3 Å². The quantitative estimate of drug-likeness (QED) is 0.805. The molecule has 3 rings (SSSR count). The van der Waals surface area contributed by atoms with Gasteiger partial charge in [-0.1, -0.05) is 11.8 Å². The van der Waals surface area contributed by atoms with Crippen LogP contribution >= 0.6 is 23.1 Å². The van der Waals surface area contributed by atoms with E-state index >= 15 is 0 Å². The van der Waals surface area contributed by atoms with Crippen LogP contribution in [0.1, 0.15) is 9.67 Å². The molecule has 2 heterocycles. The van der Waals surface area contributed by atoms with Crippen molar-refractivity contribution in [2.24, 2.45) is 0 Å². The Kier molecular flexibility index (Phi) is 3.25. The van der Waals surface area contributed by atoms with Crippen molar-refractivity contribution >= 4 is 29.4 Å². The maximum Gasteiger partial charge on any atom is 0.162 e. The average Bonchev–Trinajstić information content (AvgIpc) is 2.86. The van der Waals surface area contributed by atoms with Crippen molar-refractivity contribution in [3.05, 3.63) is 35.2 Å². The lowest BCUT2D eigenvalue weighted by atomic mass is 10.3. The lowest BCUT2D eigenvalue weighted by Crippen LogP contribution is -2.15. The van der Waals surface area contributed by atoms with E-state index < -0.39 is 0 Å². The van der Waals surface area contributed by atoms with Gasteiger partial charge in [-0.3, -0.25) is 4.79 Å². The van der Waals surface area contributed by atoms with E-state index in [-0.39, 0.29) is 0 Å². The van der Waals surface area contributed by atoms with Crippen LogP contribution in [0.15, 0.2) is 39.4 Å². The number of ether oxygens (including phenoxy) is 2. The lowest BCUT2D eigenvalue weighted by Gasteiger charge is -2.18. The summed E-state index contributed by atoms with van der Waals surface area (Å²) in [7, 11) is 0. The van der Waals surface area contributed by atoms with Gasteiger partial charge in [0.2, 0.25) is 0 Å². The molecule has 0 fully saturated rings. The first-order chi connectivity index (χ1) is 8.85. The first-order valence-electron chi connectivity index (χ1n) is 5.48. The number of carbonyl (C=O) groups excluding carboxylic acids is 1. The van der Waals surface area contributed by atoms with Gasteiger partial charge in [0.05, 0.1) is 9.09 Å². The number of fused-ring (bicyclic) bond motifs is 1. The number of benzene rings is 1. The van der Waals surface area contributed by atoms with E-state index in [0.717, 1.165) is 31.8 Å². The monoisotopic (exact) mass is 278 g/mol. The SMILES string of the molecule is O=Cc1ccc(Sc2ccc3c(c2)OCCO3)s1. The predicted molar refractivity (Wildman–Crippen MR) is 71.3 cm³/mol. The average molecular weight is 278 g/mol. The molecule has 2 aromatic rings. The summed E-state index contributed by atoms with van der Waals surface area (Å²) in [6.07, 6.45) is 0.874. The first kappa shape index (κ1) is 11.6. The summed E-state index contributed by atoms with van der Waals surface area (Å²) in [5.74, 6) is 1.59. The molecule has 92 valence electrons. The van der Waals surface area contributed by atoms with Gasteiger partial charge < -0.3 is 9.47 Å². The molecular weight excluding hydrogens is 268 g/mol. The second-order valence-electron chi connectivity index (χ2n) is 3.68. The zero-order valence-electron chi connectivity index (χ0n) is 9.42. The van der Waals surface area contributed by atoms with Crippen molar-refractivity contribution in [1.82, 2.24) is 0 Å². The highest BCUT2D eigenvalue weighted by molar-refractivity contribution is 8.01. The van der Waals surface area contributed by atoms with Gasteiger partial charge in [-0.15, -0.1) is 11.3 Å². The van der Waals surface area contributed by atoms with Gasteiger partial charge in [0.15, 0.2) is 17.8 Å². The fourth-order valence-electron chi connectivity index (χ4n) is 1.66. The standard InChI is InChI=1S/C13H10O3S2/c14-8-10-2-4-13(18-10)17-9-1-3-11-12(7-9)16-6-5-15-11/h1-4,7-8H,5-6H2. The molecule has 3 nitrogen and oxygen atoms in total. The normalized spacial score (nSPS) is 13.3. The molecule has 0 N–H and O–H groups in total. The molecule has 0 spiro atoms. The highest BCUT2D eigenvalue weighted by Crippen LogP contribution is 2.38. The van der Waals surface area contributed by atoms with Crippen LogP contribution in [0.4, 0.5) is 0 Å². The molecule has 1 aromatic carbocycles. The van der Waals surface area contributed by atoms with Crippen molar-refractivity contribution in [2.45, 2.75) is 9.10 Å². The highest BCUT2D eigenvalue weighted by atomic mass is 32.2. The highest BCUT2D eigenvalue weighted by Gasteiger charge is 2.12. The number of hydrogen-bond acceptors (Lipinski definition) is 5. The second-order valence-corrected chi connectivity index (χ2v) is 6.17. The van der Waals surface area contributed by atoms with Gasteiger partial charge in [-0.2, -0.15) is 0 Å². The molecule has 0 saturated heterocycles. The van der Waals surface area contributed by atoms with E-state index in [0.29, 0.717) is 13.2 Å². The minimum Gasteiger partial charge on any atom is -0.486 e. The molecule has 1 aromatic heterocycles. The Hall–Kier alpha value is -1.46. The molecule has 0 atom stereocenters. The largest absolute Gasteiger partial charge is 0.486 e. The molecule has 0 radical (unpaired) electrons. The van der Waals surface area contributed by atoms with Crippen LogP contribution in [0.3, 0.4) is 0 Å². The van der Waals surface area contributed by atoms with E-state index in [9.17, 15) is 4.79 Å². The summed E-state index contributed by atoms with van der Waals surface area (Å²) < 4.78 is 12.1. The van der Waals surface area contributed by atoms with E-state index in [1.54, 1.807) is 11.8 Å². The van der Waals surface area contributed by atoms with Crippen LogP contribution in [0, 0.1) is 0 Å². The molecule has 0 aliphatic carbocycles. The molecule has 5 heteroatoms. The maximum absolute atomic E-state index is 10.6. The van der Waals surface area contributed by atoms with Crippen molar-refractivity contribution in [3.63, 3.8) is 0 Å². The molecular formula is C13H10O3S2. The third-order valence-corrected chi connectivity index (χ3v) is 4.58. The number of aldehydes is 1. The third kappa shape index (κ3) is 2.37. The first-order valence-corrected chi connectivity index (χ1v) is 7.11. The van der Waals surface area contributed by atoms with Crippen molar-refractivity contribution in [2.75, 3.05) is 13.2 Å². The van der Waals surface area contributed by atoms with E-state index in [2.05, 4.69) is 0 Å². The van der Waals surface area contributed by atoms with Crippen LogP contribution < -0.4 is 9.47 Å². The summed E-state index contributed by atoms with van der Waals surface area (Å²) in [5, 5.41) is 0. The van der Waals surface area contributed by atoms with Gasteiger partial charge in [0, 0.05) is 4.90 Å². The zero-order valence-corrected chi connectivity index (χ0v) is 11.1. The van der Waals surface area contributed by atoms with E-state index in [4.69, 9.17) is 9.47 Å². The minimum absolute atomic E-state index is 0.593. The van der Waals surface area contributed by atoms with Gasteiger partial charge in [-0.05, 0) is 30.3 Å². The summed E-state index contributed by atoms with van der Waals surface area (Å²) in [6.45, 7) is 1.20. The number of rotatable bonds is 3. The Balaban J connectivity index is 1.82. The lowest BCUT2D eigenvalue weighted by molar-refractivity contribution is 0.112. The van der Waals surface area contributed by atoms with Crippen LogP contribution in [0.2, 0.25) is 0 Å². The number of hydrogen-bond donors (Lipinski definition) is 0. The Morgan fingerprint density at radius 2 is 1.94 bits per heavy atom. The second kappa shape index (κ2) is 5.04. The molecule has 0 saturated carbocycles. The molecule has 1 aliphatic heterocycles. The van der Waals surface area contributed by atoms with Gasteiger partial charge in [0.25, 0.3) is 0 Å². The Morgan fingerprint density at radius 1 is 1.11 bits per heavy atom. The van der Waals surface area contributed by atoms with Crippen LogP contribution in [-0.2, 0) is 0 Å². The van der Waals surface area contributed by atoms with Gasteiger partial charge in [0.1, 0.15) is 13.2 Å². The predicted octanol–water partition coefficient (Wildman–Crippen LogP) is 3.48. The topological polar surface area (TPSA) is 35.5 Å². The van der Waals surface area contributed by atoms with Gasteiger partial charge in [-0.25, -0.2) is 0 Å². The molecule has 1 aliphatic rings. The molecule has 18 heavy (non-hydrogen) atoms. The molecule has 0 bridgehead atoms. The van der Waals surface area contributed by atoms with Crippen LogP contribution in [0.25, 0.3) is 0 Å². The van der Waals surface area contributed by atoms with Crippen LogP contribution in [0.5, 0.6) is 11.5 Å².